The van der Waals surface area contributed by atoms with E-state index in [-0.39, 0.29) is 24.1 Å². The fourth-order valence-corrected chi connectivity index (χ4v) is 1.52. The molecule has 1 aliphatic rings. The summed E-state index contributed by atoms with van der Waals surface area (Å²) >= 11 is 0. The van der Waals surface area contributed by atoms with Crippen LogP contribution in [0.2, 0.25) is 0 Å². The molecule has 78 valence electrons. The van der Waals surface area contributed by atoms with Crippen LogP contribution in [0.5, 0.6) is 0 Å². The van der Waals surface area contributed by atoms with Gasteiger partial charge >= 0.3 is 11.9 Å². The van der Waals surface area contributed by atoms with Crippen LogP contribution in [0.25, 0.3) is 0 Å². The van der Waals surface area contributed by atoms with Crippen LogP contribution in [0.3, 0.4) is 0 Å². The molecule has 0 aliphatic heterocycles. The Bertz CT molecular complexity index is 310. The van der Waals surface area contributed by atoms with E-state index in [4.69, 9.17) is 21.7 Å². The zero-order chi connectivity index (χ0) is 10.9. The van der Waals surface area contributed by atoms with E-state index in [9.17, 15) is 9.59 Å². The van der Waals surface area contributed by atoms with Crippen molar-refractivity contribution in [1.29, 1.82) is 0 Å². The SMILES string of the molecule is NC1=C(C(=O)O)CC(N)C(C(=O)O)C1. The third kappa shape index (κ3) is 1.85. The van der Waals surface area contributed by atoms with Gasteiger partial charge in [0.05, 0.1) is 11.5 Å². The van der Waals surface area contributed by atoms with E-state index in [1.807, 2.05) is 0 Å². The first-order valence-electron chi connectivity index (χ1n) is 4.12. The summed E-state index contributed by atoms with van der Waals surface area (Å²) in [6, 6.07) is -0.675. The molecule has 0 saturated carbocycles. The smallest absolute Gasteiger partial charge is 0.333 e. The molecular weight excluding hydrogens is 188 g/mol. The van der Waals surface area contributed by atoms with Crippen molar-refractivity contribution in [2.45, 2.75) is 18.9 Å². The zero-order valence-corrected chi connectivity index (χ0v) is 7.43. The Balaban J connectivity index is 2.91. The highest BCUT2D eigenvalue weighted by Crippen LogP contribution is 2.26. The van der Waals surface area contributed by atoms with Crippen molar-refractivity contribution in [3.05, 3.63) is 11.3 Å². The number of nitrogens with two attached hydrogens (primary N) is 2. The first-order valence-corrected chi connectivity index (χ1v) is 4.12. The third-order valence-corrected chi connectivity index (χ3v) is 2.36. The van der Waals surface area contributed by atoms with Crippen LogP contribution in [0, 0.1) is 5.92 Å². The van der Waals surface area contributed by atoms with E-state index in [2.05, 4.69) is 0 Å². The van der Waals surface area contributed by atoms with Gasteiger partial charge in [0.2, 0.25) is 0 Å². The lowest BCUT2D eigenvalue weighted by atomic mass is 9.83. The first kappa shape index (κ1) is 10.5. The Labute approximate surface area is 80.2 Å². The van der Waals surface area contributed by atoms with Crippen LogP contribution < -0.4 is 11.5 Å². The fraction of sp³-hybridized carbons (Fsp3) is 0.500. The predicted molar refractivity (Wildman–Crippen MR) is 47.2 cm³/mol. The second-order valence-electron chi connectivity index (χ2n) is 3.33. The molecule has 0 spiro atoms. The van der Waals surface area contributed by atoms with Crippen LogP contribution in [0.4, 0.5) is 0 Å². The summed E-state index contributed by atoms with van der Waals surface area (Å²) in [6.07, 6.45) is 0.0241. The van der Waals surface area contributed by atoms with Gasteiger partial charge in [0.25, 0.3) is 0 Å². The molecule has 2 atom stereocenters. The summed E-state index contributed by atoms with van der Waals surface area (Å²) in [7, 11) is 0. The van der Waals surface area contributed by atoms with E-state index >= 15 is 0 Å². The number of carboxylic acids is 2. The van der Waals surface area contributed by atoms with Crippen LogP contribution in [0.1, 0.15) is 12.8 Å². The van der Waals surface area contributed by atoms with E-state index in [0.717, 1.165) is 0 Å². The van der Waals surface area contributed by atoms with Crippen molar-refractivity contribution in [2.24, 2.45) is 17.4 Å². The molecule has 0 aromatic rings. The number of hydrogen-bond donors (Lipinski definition) is 4. The number of hydrogen-bond acceptors (Lipinski definition) is 4. The maximum atomic E-state index is 10.7. The van der Waals surface area contributed by atoms with Crippen molar-refractivity contribution >= 4 is 11.9 Å². The summed E-state index contributed by atoms with van der Waals surface area (Å²) in [5, 5.41) is 17.5. The van der Waals surface area contributed by atoms with Crippen molar-refractivity contribution < 1.29 is 19.8 Å². The van der Waals surface area contributed by atoms with Gasteiger partial charge in [-0.25, -0.2) is 4.79 Å². The van der Waals surface area contributed by atoms with Crippen LogP contribution >= 0.6 is 0 Å². The molecule has 0 aromatic carbocycles. The summed E-state index contributed by atoms with van der Waals surface area (Å²) in [5.74, 6) is -2.94. The van der Waals surface area contributed by atoms with Crippen molar-refractivity contribution in [2.75, 3.05) is 0 Å². The standard InChI is InChI=1S/C8H12N2O4/c9-5-1-3(7(11)12)6(10)2-4(5)8(13)14/h3,6H,1-2,9-10H2,(H,11,12)(H,13,14). The quantitative estimate of drug-likeness (QED) is 0.457. The van der Waals surface area contributed by atoms with Gasteiger partial charge in [0.15, 0.2) is 0 Å². The largest absolute Gasteiger partial charge is 0.481 e. The van der Waals surface area contributed by atoms with Crippen LogP contribution in [-0.4, -0.2) is 28.2 Å². The van der Waals surface area contributed by atoms with Gasteiger partial charge in [-0.2, -0.15) is 0 Å². The average Bonchev–Trinajstić information content (AvgIpc) is 2.07. The van der Waals surface area contributed by atoms with Crippen molar-refractivity contribution in [3.63, 3.8) is 0 Å². The lowest BCUT2D eigenvalue weighted by Crippen LogP contribution is -2.41. The molecule has 6 nitrogen and oxygen atoms in total. The minimum Gasteiger partial charge on any atom is -0.481 e. The minimum atomic E-state index is -1.12. The summed E-state index contributed by atoms with van der Waals surface area (Å²) in [6.45, 7) is 0. The second-order valence-corrected chi connectivity index (χ2v) is 3.33. The molecule has 0 fully saturated rings. The molecule has 6 N–H and O–H groups in total. The Morgan fingerprint density at radius 1 is 1.29 bits per heavy atom. The van der Waals surface area contributed by atoms with Gasteiger partial charge in [-0.3, -0.25) is 4.79 Å². The van der Waals surface area contributed by atoms with E-state index < -0.39 is 23.9 Å². The molecule has 0 aromatic heterocycles. The molecule has 6 heteroatoms. The second kappa shape index (κ2) is 3.67. The Morgan fingerprint density at radius 2 is 1.86 bits per heavy atom. The van der Waals surface area contributed by atoms with Gasteiger partial charge in [-0.05, 0) is 6.42 Å². The Kier molecular flexibility index (Phi) is 2.76. The number of allylic oxidation sites excluding steroid dienone is 1. The predicted octanol–water partition coefficient (Wildman–Crippen LogP) is -0.894. The molecule has 0 heterocycles. The number of aliphatic carboxylic acids is 2. The average molecular weight is 200 g/mol. The number of rotatable bonds is 2. The minimum absolute atomic E-state index is 0.0120. The normalized spacial score (nSPS) is 27.5. The van der Waals surface area contributed by atoms with E-state index in [1.165, 1.54) is 0 Å². The van der Waals surface area contributed by atoms with Gasteiger partial charge in [-0.15, -0.1) is 0 Å². The highest BCUT2D eigenvalue weighted by Gasteiger charge is 2.33. The zero-order valence-electron chi connectivity index (χ0n) is 7.43. The van der Waals surface area contributed by atoms with Crippen molar-refractivity contribution in [1.82, 2.24) is 0 Å². The molecule has 14 heavy (non-hydrogen) atoms. The Morgan fingerprint density at radius 3 is 2.29 bits per heavy atom. The maximum Gasteiger partial charge on any atom is 0.333 e. The maximum absolute atomic E-state index is 10.7. The number of carboxylic acid groups (broad SMARTS) is 2. The monoisotopic (exact) mass is 200 g/mol. The number of carbonyl (C=O) groups is 2. The van der Waals surface area contributed by atoms with Crippen LogP contribution in [0.15, 0.2) is 11.3 Å². The van der Waals surface area contributed by atoms with Gasteiger partial charge < -0.3 is 21.7 Å². The first-order chi connectivity index (χ1) is 6.43. The lowest BCUT2D eigenvalue weighted by Gasteiger charge is -2.26. The third-order valence-electron chi connectivity index (χ3n) is 2.36. The molecule has 0 amide bonds. The van der Waals surface area contributed by atoms with Gasteiger partial charge in [0.1, 0.15) is 0 Å². The molecule has 1 aliphatic carbocycles. The molecule has 0 radical (unpaired) electrons. The topological polar surface area (TPSA) is 127 Å². The van der Waals surface area contributed by atoms with E-state index in [1.54, 1.807) is 0 Å². The molecule has 2 unspecified atom stereocenters. The fourth-order valence-electron chi connectivity index (χ4n) is 1.52. The molecule has 1 rings (SSSR count). The van der Waals surface area contributed by atoms with Crippen LogP contribution in [-0.2, 0) is 9.59 Å². The van der Waals surface area contributed by atoms with Gasteiger partial charge in [-0.1, -0.05) is 0 Å². The summed E-state index contributed by atoms with van der Waals surface area (Å²) in [4.78, 5) is 21.3. The van der Waals surface area contributed by atoms with E-state index in [0.29, 0.717) is 0 Å². The molecule has 0 bridgehead atoms. The highest BCUT2D eigenvalue weighted by molar-refractivity contribution is 5.88. The molecular formula is C8H12N2O4. The Hall–Kier alpha value is -1.56. The van der Waals surface area contributed by atoms with Gasteiger partial charge in [0, 0.05) is 18.2 Å². The molecule has 0 saturated heterocycles. The summed E-state index contributed by atoms with van der Waals surface area (Å²) in [5.41, 5.74) is 11.1. The van der Waals surface area contributed by atoms with Crippen molar-refractivity contribution in [3.8, 4) is 0 Å². The highest BCUT2D eigenvalue weighted by atomic mass is 16.4. The lowest BCUT2D eigenvalue weighted by molar-refractivity contribution is -0.143. The summed E-state index contributed by atoms with van der Waals surface area (Å²) < 4.78 is 0.